The molecule has 0 bridgehead atoms. The van der Waals surface area contributed by atoms with E-state index in [9.17, 15) is 13.2 Å². The molecule has 0 N–H and O–H groups in total. The Kier molecular flexibility index (Phi) is 5.75. The summed E-state index contributed by atoms with van der Waals surface area (Å²) >= 11 is 0. The smallest absolute Gasteiger partial charge is 0.424 e. The van der Waals surface area contributed by atoms with E-state index in [1.54, 1.807) is 42.2 Å². The highest BCUT2D eigenvalue weighted by Gasteiger charge is 2.31. The molecule has 0 saturated heterocycles. The predicted molar refractivity (Wildman–Crippen MR) is 101 cm³/mol. The van der Waals surface area contributed by atoms with Gasteiger partial charge in [0.1, 0.15) is 0 Å². The van der Waals surface area contributed by atoms with Gasteiger partial charge in [0, 0.05) is 12.4 Å². The van der Waals surface area contributed by atoms with Gasteiger partial charge in [-0.15, -0.1) is 0 Å². The normalized spacial score (nSPS) is 13.9. The van der Waals surface area contributed by atoms with Gasteiger partial charge in [-0.2, -0.15) is 9.40 Å². The molecule has 0 unspecified atom stereocenters. The second-order valence-electron chi connectivity index (χ2n) is 5.91. The maximum Gasteiger partial charge on any atom is 0.424 e. The Balaban J connectivity index is 1.90. The first-order valence-corrected chi connectivity index (χ1v) is 10.1. The first kappa shape index (κ1) is 18.9. The number of carbonyl (C=O) groups excluding carboxylic acids is 1. The summed E-state index contributed by atoms with van der Waals surface area (Å²) in [7, 11) is -4.05. The van der Waals surface area contributed by atoms with Crippen LogP contribution < -0.4 is 0 Å². The Labute approximate surface area is 158 Å². The molecule has 0 fully saturated rings. The Morgan fingerprint density at radius 3 is 2.63 bits per heavy atom. The van der Waals surface area contributed by atoms with Crippen molar-refractivity contribution in [1.82, 2.24) is 14.1 Å². The average molecular weight is 387 g/mol. The van der Waals surface area contributed by atoms with Crippen molar-refractivity contribution in [3.05, 3.63) is 66.5 Å². The minimum absolute atomic E-state index is 0.0202. The molecule has 1 heterocycles. The quantitative estimate of drug-likeness (QED) is 0.760. The van der Waals surface area contributed by atoms with Gasteiger partial charge in [-0.1, -0.05) is 18.2 Å². The van der Waals surface area contributed by atoms with Crippen molar-refractivity contribution in [3.8, 4) is 5.69 Å². The Bertz CT molecular complexity index is 945. The summed E-state index contributed by atoms with van der Waals surface area (Å²) in [6.45, 7) is 1.68. The minimum Gasteiger partial charge on any atom is -0.449 e. The van der Waals surface area contributed by atoms with Crippen molar-refractivity contribution < 1.29 is 17.9 Å². The lowest BCUT2D eigenvalue weighted by molar-refractivity contribution is 0.133. The van der Waals surface area contributed by atoms with Crippen LogP contribution in [-0.4, -0.2) is 41.7 Å². The lowest BCUT2D eigenvalue weighted by Gasteiger charge is -2.23. The van der Waals surface area contributed by atoms with Crippen molar-refractivity contribution >= 4 is 16.1 Å². The molecule has 1 aromatic carbocycles. The standard InChI is InChI=1S/C19H21N3O4S/c1-2-26-19(23)22(15-16-7-4-3-5-8-16)27(24,25)18-11-9-17(10-12-18)21-14-6-13-20-21/h4,6-14H,2-3,5,15H2,1H3. The SMILES string of the molecule is CCOC(=O)N(CC1=CCCC=C1)S(=O)(=O)c1ccc(-n2cccn2)cc1. The molecule has 3 rings (SSSR count). The van der Waals surface area contributed by atoms with Crippen LogP contribution in [0.5, 0.6) is 0 Å². The van der Waals surface area contributed by atoms with Crippen LogP contribution in [-0.2, 0) is 14.8 Å². The maximum atomic E-state index is 13.1. The second kappa shape index (κ2) is 8.22. The van der Waals surface area contributed by atoms with E-state index in [-0.39, 0.29) is 18.0 Å². The molecule has 0 radical (unpaired) electrons. The first-order chi connectivity index (χ1) is 13.0. The number of sulfonamides is 1. The minimum atomic E-state index is -4.05. The van der Waals surface area contributed by atoms with Crippen LogP contribution in [0.3, 0.4) is 0 Å². The van der Waals surface area contributed by atoms with Gasteiger partial charge in [-0.3, -0.25) is 0 Å². The number of nitrogens with zero attached hydrogens (tertiary/aromatic N) is 3. The van der Waals surface area contributed by atoms with Crippen LogP contribution in [0.1, 0.15) is 19.8 Å². The molecule has 0 atom stereocenters. The number of aromatic nitrogens is 2. The highest BCUT2D eigenvalue weighted by Crippen LogP contribution is 2.21. The maximum absolute atomic E-state index is 13.1. The van der Waals surface area contributed by atoms with E-state index in [1.165, 1.54) is 12.1 Å². The van der Waals surface area contributed by atoms with Gasteiger partial charge in [0.15, 0.2) is 0 Å². The van der Waals surface area contributed by atoms with E-state index in [0.717, 1.165) is 28.4 Å². The third-order valence-electron chi connectivity index (χ3n) is 4.06. The topological polar surface area (TPSA) is 81.5 Å². The van der Waals surface area contributed by atoms with Gasteiger partial charge in [0.2, 0.25) is 0 Å². The van der Waals surface area contributed by atoms with Gasteiger partial charge in [0.25, 0.3) is 10.0 Å². The highest BCUT2D eigenvalue weighted by atomic mass is 32.2. The van der Waals surface area contributed by atoms with Crippen LogP contribution in [0.25, 0.3) is 5.69 Å². The summed E-state index contributed by atoms with van der Waals surface area (Å²) in [5.41, 5.74) is 1.49. The number of hydrogen-bond acceptors (Lipinski definition) is 5. The lowest BCUT2D eigenvalue weighted by Crippen LogP contribution is -2.38. The second-order valence-corrected chi connectivity index (χ2v) is 7.78. The van der Waals surface area contributed by atoms with Crippen molar-refractivity contribution in [1.29, 1.82) is 0 Å². The van der Waals surface area contributed by atoms with E-state index < -0.39 is 16.1 Å². The third-order valence-corrected chi connectivity index (χ3v) is 5.79. The van der Waals surface area contributed by atoms with Crippen LogP contribution in [0, 0.1) is 0 Å². The van der Waals surface area contributed by atoms with E-state index in [4.69, 9.17) is 4.74 Å². The predicted octanol–water partition coefficient (Wildman–Crippen LogP) is 3.30. The van der Waals surface area contributed by atoms with E-state index >= 15 is 0 Å². The molecule has 1 aliphatic rings. The van der Waals surface area contributed by atoms with Crippen LogP contribution in [0.15, 0.2) is 71.4 Å². The third kappa shape index (κ3) is 4.28. The number of amides is 1. The van der Waals surface area contributed by atoms with Gasteiger partial charge < -0.3 is 4.74 Å². The molecular formula is C19H21N3O4S. The zero-order valence-corrected chi connectivity index (χ0v) is 15.8. The summed E-state index contributed by atoms with van der Waals surface area (Å²) in [6.07, 6.45) is 9.98. The number of rotatable bonds is 6. The van der Waals surface area contributed by atoms with Gasteiger partial charge >= 0.3 is 6.09 Å². The number of hydrogen-bond donors (Lipinski definition) is 0. The molecule has 8 heteroatoms. The Morgan fingerprint density at radius 2 is 2.04 bits per heavy atom. The Hall–Kier alpha value is -2.87. The van der Waals surface area contributed by atoms with Crippen LogP contribution in [0.2, 0.25) is 0 Å². The number of ether oxygens (including phenoxy) is 1. The summed E-state index contributed by atoms with van der Waals surface area (Å²) < 4.78 is 33.5. The first-order valence-electron chi connectivity index (χ1n) is 8.67. The highest BCUT2D eigenvalue weighted by molar-refractivity contribution is 7.89. The molecule has 7 nitrogen and oxygen atoms in total. The summed E-state index contributed by atoms with van der Waals surface area (Å²) in [4.78, 5) is 12.4. The van der Waals surface area contributed by atoms with Gasteiger partial charge in [-0.25, -0.2) is 17.9 Å². The zero-order valence-electron chi connectivity index (χ0n) is 15.0. The molecule has 1 amide bonds. The number of benzene rings is 1. The molecule has 27 heavy (non-hydrogen) atoms. The fourth-order valence-corrected chi connectivity index (χ4v) is 4.02. The fourth-order valence-electron chi connectivity index (χ4n) is 2.71. The van der Waals surface area contributed by atoms with Crippen molar-refractivity contribution in [2.45, 2.75) is 24.7 Å². The molecular weight excluding hydrogens is 366 g/mol. The molecule has 0 aliphatic heterocycles. The Morgan fingerprint density at radius 1 is 1.26 bits per heavy atom. The number of carbonyl (C=O) groups is 1. The van der Waals surface area contributed by atoms with Gasteiger partial charge in [-0.05, 0) is 55.7 Å². The number of allylic oxidation sites excluding steroid dienone is 2. The zero-order chi connectivity index (χ0) is 19.3. The van der Waals surface area contributed by atoms with Crippen LogP contribution in [0.4, 0.5) is 4.79 Å². The molecule has 1 aromatic heterocycles. The van der Waals surface area contributed by atoms with Crippen molar-refractivity contribution in [2.75, 3.05) is 13.2 Å². The molecule has 0 spiro atoms. The fraction of sp³-hybridized carbons (Fsp3) is 0.263. The lowest BCUT2D eigenvalue weighted by atomic mass is 10.1. The van der Waals surface area contributed by atoms with E-state index in [0.29, 0.717) is 0 Å². The molecule has 142 valence electrons. The average Bonchev–Trinajstić information content (AvgIpc) is 3.22. The van der Waals surface area contributed by atoms with E-state index in [2.05, 4.69) is 5.10 Å². The molecule has 1 aliphatic carbocycles. The summed E-state index contributed by atoms with van der Waals surface area (Å²) in [6, 6.07) is 7.98. The van der Waals surface area contributed by atoms with Crippen molar-refractivity contribution in [2.24, 2.45) is 0 Å². The van der Waals surface area contributed by atoms with Crippen molar-refractivity contribution in [3.63, 3.8) is 0 Å². The summed E-state index contributed by atoms with van der Waals surface area (Å²) in [5.74, 6) is 0. The summed E-state index contributed by atoms with van der Waals surface area (Å²) in [5, 5.41) is 4.11. The van der Waals surface area contributed by atoms with Crippen LogP contribution >= 0.6 is 0 Å². The largest absolute Gasteiger partial charge is 0.449 e. The van der Waals surface area contributed by atoms with Gasteiger partial charge in [0.05, 0.1) is 23.7 Å². The molecule has 2 aromatic rings. The monoisotopic (exact) mass is 387 g/mol. The molecule has 0 saturated carbocycles. The van der Waals surface area contributed by atoms with E-state index in [1.807, 2.05) is 18.2 Å².